The van der Waals surface area contributed by atoms with Crippen LogP contribution < -0.4 is 10.6 Å². The molecule has 6 heteroatoms. The van der Waals surface area contributed by atoms with Crippen LogP contribution >= 0.6 is 0 Å². The highest BCUT2D eigenvalue weighted by atomic mass is 19.1. The van der Waals surface area contributed by atoms with Crippen molar-refractivity contribution in [3.8, 4) is 0 Å². The first-order chi connectivity index (χ1) is 9.29. The van der Waals surface area contributed by atoms with E-state index in [1.165, 1.54) is 6.07 Å². The summed E-state index contributed by atoms with van der Waals surface area (Å²) in [6, 6.07) is 2.73. The molecule has 0 unspecified atom stereocenters. The predicted molar refractivity (Wildman–Crippen MR) is 72.3 cm³/mol. The van der Waals surface area contributed by atoms with E-state index in [0.717, 1.165) is 25.0 Å². The molecule has 3 N–H and O–H groups in total. The van der Waals surface area contributed by atoms with Gasteiger partial charge in [-0.25, -0.2) is 14.0 Å². The molecule has 1 aliphatic carbocycles. The normalized spacial score (nSPS) is 14.8. The molecule has 2 rings (SSSR count). The fraction of sp³-hybridized carbons (Fsp3) is 0.429. The Morgan fingerprint density at radius 1 is 1.35 bits per heavy atom. The van der Waals surface area contributed by atoms with E-state index >= 15 is 0 Å². The third-order valence-corrected chi connectivity index (χ3v) is 3.49. The standard InChI is InChI=1S/C14H17FN2O3/c1-14(2,8-3-4-8)17-13(20)16-11-6-5-9(15)7-10(11)12(18)19/h5-8H,3-4H2,1-2H3,(H,18,19)(H2,16,17,20). The number of nitrogens with one attached hydrogen (secondary N) is 2. The van der Waals surface area contributed by atoms with Gasteiger partial charge in [0.2, 0.25) is 0 Å². The van der Waals surface area contributed by atoms with E-state index < -0.39 is 17.8 Å². The molecular weight excluding hydrogens is 263 g/mol. The zero-order valence-corrected chi connectivity index (χ0v) is 11.4. The topological polar surface area (TPSA) is 78.4 Å². The largest absolute Gasteiger partial charge is 0.478 e. The summed E-state index contributed by atoms with van der Waals surface area (Å²) in [7, 11) is 0. The fourth-order valence-electron chi connectivity index (χ4n) is 2.16. The summed E-state index contributed by atoms with van der Waals surface area (Å²) in [4.78, 5) is 22.9. The summed E-state index contributed by atoms with van der Waals surface area (Å²) in [5, 5.41) is 14.3. The Hall–Kier alpha value is -2.11. The molecule has 0 aromatic heterocycles. The van der Waals surface area contributed by atoms with Gasteiger partial charge in [-0.05, 0) is 50.8 Å². The molecule has 0 radical (unpaired) electrons. The van der Waals surface area contributed by atoms with Crippen LogP contribution in [0.2, 0.25) is 0 Å². The Labute approximate surface area is 116 Å². The molecule has 0 atom stereocenters. The van der Waals surface area contributed by atoms with E-state index in [9.17, 15) is 14.0 Å². The summed E-state index contributed by atoms with van der Waals surface area (Å²) >= 11 is 0. The maximum atomic E-state index is 13.0. The molecule has 2 amide bonds. The Morgan fingerprint density at radius 3 is 2.55 bits per heavy atom. The van der Waals surface area contributed by atoms with Crippen LogP contribution in [0, 0.1) is 11.7 Å². The van der Waals surface area contributed by atoms with Crippen LogP contribution in [-0.2, 0) is 0 Å². The van der Waals surface area contributed by atoms with E-state index in [1.54, 1.807) is 0 Å². The number of urea groups is 1. The molecular formula is C14H17FN2O3. The second-order valence-corrected chi connectivity index (χ2v) is 5.57. The number of carbonyl (C=O) groups excluding carboxylic acids is 1. The van der Waals surface area contributed by atoms with Crippen LogP contribution in [0.4, 0.5) is 14.9 Å². The minimum atomic E-state index is -1.29. The maximum absolute atomic E-state index is 13.0. The van der Waals surface area contributed by atoms with Gasteiger partial charge >= 0.3 is 12.0 Å². The summed E-state index contributed by atoms with van der Waals surface area (Å²) in [5.74, 6) is -1.51. The zero-order chi connectivity index (χ0) is 14.9. The van der Waals surface area contributed by atoms with Crippen LogP contribution in [0.25, 0.3) is 0 Å². The van der Waals surface area contributed by atoms with Crippen LogP contribution in [0.15, 0.2) is 18.2 Å². The molecule has 20 heavy (non-hydrogen) atoms. The molecule has 0 spiro atoms. The van der Waals surface area contributed by atoms with Gasteiger partial charge in [-0.1, -0.05) is 0 Å². The molecule has 108 valence electrons. The number of amides is 2. The molecule has 0 aliphatic heterocycles. The first kappa shape index (κ1) is 14.3. The number of carbonyl (C=O) groups is 2. The quantitative estimate of drug-likeness (QED) is 0.793. The first-order valence-electron chi connectivity index (χ1n) is 6.41. The van der Waals surface area contributed by atoms with Crippen molar-refractivity contribution in [3.05, 3.63) is 29.6 Å². The van der Waals surface area contributed by atoms with Crippen molar-refractivity contribution >= 4 is 17.7 Å². The maximum Gasteiger partial charge on any atom is 0.337 e. The van der Waals surface area contributed by atoms with Gasteiger partial charge in [-0.3, -0.25) is 0 Å². The molecule has 1 aromatic carbocycles. The van der Waals surface area contributed by atoms with Gasteiger partial charge in [-0.15, -0.1) is 0 Å². The number of aromatic carboxylic acids is 1. The van der Waals surface area contributed by atoms with Gasteiger partial charge in [0.15, 0.2) is 0 Å². The van der Waals surface area contributed by atoms with Crippen LogP contribution in [0.5, 0.6) is 0 Å². The number of benzene rings is 1. The number of carboxylic acid groups (broad SMARTS) is 1. The van der Waals surface area contributed by atoms with Crippen molar-refractivity contribution in [2.75, 3.05) is 5.32 Å². The average Bonchev–Trinajstić information content (AvgIpc) is 3.14. The fourth-order valence-corrected chi connectivity index (χ4v) is 2.16. The molecule has 1 aliphatic rings. The highest BCUT2D eigenvalue weighted by Gasteiger charge is 2.38. The molecule has 1 aromatic rings. The molecule has 0 bridgehead atoms. The van der Waals surface area contributed by atoms with Gasteiger partial charge in [0.1, 0.15) is 5.82 Å². The van der Waals surface area contributed by atoms with Gasteiger partial charge in [0, 0.05) is 5.54 Å². The predicted octanol–water partition coefficient (Wildman–Crippen LogP) is 2.83. The minimum absolute atomic E-state index is 0.0722. The van der Waals surface area contributed by atoms with Crippen LogP contribution in [0.3, 0.4) is 0 Å². The van der Waals surface area contributed by atoms with E-state index in [0.29, 0.717) is 5.92 Å². The van der Waals surface area contributed by atoms with E-state index in [-0.39, 0.29) is 16.8 Å². The van der Waals surface area contributed by atoms with Gasteiger partial charge < -0.3 is 15.7 Å². The van der Waals surface area contributed by atoms with Crippen molar-refractivity contribution < 1.29 is 19.1 Å². The lowest BCUT2D eigenvalue weighted by Crippen LogP contribution is -2.47. The Balaban J connectivity index is 2.09. The van der Waals surface area contributed by atoms with Crippen molar-refractivity contribution in [2.24, 2.45) is 5.92 Å². The summed E-state index contributed by atoms with van der Waals surface area (Å²) in [6.45, 7) is 3.85. The highest BCUT2D eigenvalue weighted by molar-refractivity contribution is 6.00. The Morgan fingerprint density at radius 2 is 2.00 bits per heavy atom. The van der Waals surface area contributed by atoms with Gasteiger partial charge in [-0.2, -0.15) is 0 Å². The number of carboxylic acids is 1. The monoisotopic (exact) mass is 280 g/mol. The van der Waals surface area contributed by atoms with E-state index in [2.05, 4.69) is 10.6 Å². The van der Waals surface area contributed by atoms with Crippen molar-refractivity contribution in [2.45, 2.75) is 32.2 Å². The van der Waals surface area contributed by atoms with Crippen molar-refractivity contribution in [3.63, 3.8) is 0 Å². The van der Waals surface area contributed by atoms with Gasteiger partial charge in [0.25, 0.3) is 0 Å². The Kier molecular flexibility index (Phi) is 3.65. The van der Waals surface area contributed by atoms with Crippen molar-refractivity contribution in [1.82, 2.24) is 5.32 Å². The Bertz CT molecular complexity index is 553. The number of halogens is 1. The summed E-state index contributed by atoms with van der Waals surface area (Å²) in [6.07, 6.45) is 2.15. The lowest BCUT2D eigenvalue weighted by molar-refractivity contribution is 0.0697. The zero-order valence-electron chi connectivity index (χ0n) is 11.4. The smallest absolute Gasteiger partial charge is 0.337 e. The SMILES string of the molecule is CC(C)(NC(=O)Nc1ccc(F)cc1C(=O)O)C1CC1. The molecule has 0 heterocycles. The molecule has 5 nitrogen and oxygen atoms in total. The van der Waals surface area contributed by atoms with Crippen LogP contribution in [0.1, 0.15) is 37.0 Å². The lowest BCUT2D eigenvalue weighted by Gasteiger charge is -2.26. The third-order valence-electron chi connectivity index (χ3n) is 3.49. The summed E-state index contributed by atoms with van der Waals surface area (Å²) in [5.41, 5.74) is -0.541. The third kappa shape index (κ3) is 3.26. The van der Waals surface area contributed by atoms with Crippen LogP contribution in [-0.4, -0.2) is 22.6 Å². The molecule has 1 fully saturated rings. The van der Waals surface area contributed by atoms with Gasteiger partial charge in [0.05, 0.1) is 11.3 Å². The second kappa shape index (κ2) is 5.11. The second-order valence-electron chi connectivity index (χ2n) is 5.57. The first-order valence-corrected chi connectivity index (χ1v) is 6.41. The minimum Gasteiger partial charge on any atom is -0.478 e. The van der Waals surface area contributed by atoms with Crippen molar-refractivity contribution in [1.29, 1.82) is 0 Å². The highest BCUT2D eigenvalue weighted by Crippen LogP contribution is 2.39. The number of hydrogen-bond donors (Lipinski definition) is 3. The summed E-state index contributed by atoms with van der Waals surface area (Å²) < 4.78 is 13.0. The number of anilines is 1. The number of hydrogen-bond acceptors (Lipinski definition) is 2. The lowest BCUT2D eigenvalue weighted by atomic mass is 9.99. The van der Waals surface area contributed by atoms with E-state index in [1.807, 2.05) is 13.8 Å². The molecule has 1 saturated carbocycles. The van der Waals surface area contributed by atoms with E-state index in [4.69, 9.17) is 5.11 Å². The number of rotatable bonds is 4. The molecule has 0 saturated heterocycles. The average molecular weight is 280 g/mol.